The average molecular weight is 1040 g/mol. The molecule has 3 aliphatic rings. The summed E-state index contributed by atoms with van der Waals surface area (Å²) >= 11 is 1.63. The topological polar surface area (TPSA) is 226 Å². The summed E-state index contributed by atoms with van der Waals surface area (Å²) in [6.45, 7) is 13.6. The van der Waals surface area contributed by atoms with Gasteiger partial charge >= 0.3 is 6.03 Å². The fourth-order valence-corrected chi connectivity index (χ4v) is 10.5. The lowest BCUT2D eigenvalue weighted by atomic mass is 9.85. The van der Waals surface area contributed by atoms with Crippen LogP contribution in [0.5, 0.6) is 0 Å². The lowest BCUT2D eigenvalue weighted by Gasteiger charge is -2.42. The molecule has 4 unspecified atom stereocenters. The number of aryl methyl sites for hydroxylation is 3. The number of allylic oxidation sites excluding steroid dienone is 2. The summed E-state index contributed by atoms with van der Waals surface area (Å²) in [5.74, 6) is -0.341. The van der Waals surface area contributed by atoms with E-state index in [1.165, 1.54) is 9.78 Å². The van der Waals surface area contributed by atoms with Crippen molar-refractivity contribution in [3.8, 4) is 11.1 Å². The Kier molecular flexibility index (Phi) is 19.7. The molecule has 1 aliphatic carbocycles. The van der Waals surface area contributed by atoms with Gasteiger partial charge in [0.15, 0.2) is 0 Å². The molecule has 2 aromatic carbocycles. The first-order valence-electron chi connectivity index (χ1n) is 25.3. The Bertz CT molecular complexity index is 2580. The number of amides is 5. The number of hydrogen-bond donors (Lipinski definition) is 4. The van der Waals surface area contributed by atoms with Crippen LogP contribution in [0, 0.1) is 31.4 Å². The van der Waals surface area contributed by atoms with Crippen molar-refractivity contribution in [2.45, 2.75) is 84.5 Å². The molecule has 0 radical (unpaired) electrons. The number of aliphatic hydroxyl groups is 1. The van der Waals surface area contributed by atoms with E-state index in [9.17, 15) is 29.5 Å². The molecule has 0 spiro atoms. The van der Waals surface area contributed by atoms with Crippen LogP contribution in [0.15, 0.2) is 82.4 Å². The summed E-state index contributed by atoms with van der Waals surface area (Å²) in [6.07, 6.45) is 6.25. The van der Waals surface area contributed by atoms with E-state index in [2.05, 4.69) is 39.0 Å². The predicted molar refractivity (Wildman–Crippen MR) is 279 cm³/mol. The third-order valence-electron chi connectivity index (χ3n) is 13.5. The first-order valence-corrected chi connectivity index (χ1v) is 26.2. The highest BCUT2D eigenvalue weighted by molar-refractivity contribution is 7.09. The third kappa shape index (κ3) is 14.3. The molecular weight excluding hydrogens is 969 g/mol. The maximum Gasteiger partial charge on any atom is 0.325 e. The molecule has 0 saturated carbocycles. The molecule has 7 rings (SSSR count). The van der Waals surface area contributed by atoms with Crippen LogP contribution >= 0.6 is 11.3 Å². The van der Waals surface area contributed by atoms with E-state index in [0.717, 1.165) is 51.3 Å². The lowest BCUT2D eigenvalue weighted by molar-refractivity contribution is -0.848. The molecule has 2 aliphatic heterocycles. The number of aromatic nitrogens is 2. The number of urea groups is 1. The quantitative estimate of drug-likeness (QED) is 0.0534. The Morgan fingerprint density at radius 3 is 2.30 bits per heavy atom. The van der Waals surface area contributed by atoms with Crippen LogP contribution in [-0.4, -0.2) is 160 Å². The van der Waals surface area contributed by atoms with Crippen molar-refractivity contribution >= 4 is 40.8 Å². The predicted octanol–water partition coefficient (Wildman–Crippen LogP) is 4.41. The van der Waals surface area contributed by atoms with Crippen molar-refractivity contribution in [3.63, 3.8) is 0 Å². The van der Waals surface area contributed by atoms with Crippen molar-refractivity contribution < 1.29 is 52.8 Å². The fraction of sp³-hybridized carbons (Fsp3) is 0.519. The smallest absolute Gasteiger partial charge is 0.325 e. The number of anilines is 1. The second-order valence-corrected chi connectivity index (χ2v) is 20.9. The van der Waals surface area contributed by atoms with E-state index in [-0.39, 0.29) is 95.2 Å². The molecule has 74 heavy (non-hydrogen) atoms. The summed E-state index contributed by atoms with van der Waals surface area (Å²) in [5.41, 5.74) is 8.47. The van der Waals surface area contributed by atoms with Crippen LogP contribution in [0.1, 0.15) is 78.7 Å². The van der Waals surface area contributed by atoms with Gasteiger partial charge in [0.05, 0.1) is 94.1 Å². The summed E-state index contributed by atoms with van der Waals surface area (Å²) in [4.78, 5) is 64.6. The van der Waals surface area contributed by atoms with Crippen LogP contribution in [0.25, 0.3) is 11.1 Å². The van der Waals surface area contributed by atoms with E-state index >= 15 is 0 Å². The van der Waals surface area contributed by atoms with Gasteiger partial charge in [0.25, 0.3) is 0 Å². The highest BCUT2D eigenvalue weighted by atomic mass is 32.1. The zero-order valence-electron chi connectivity index (χ0n) is 43.6. The van der Waals surface area contributed by atoms with Crippen LogP contribution in [0.2, 0.25) is 0 Å². The molecule has 20 heteroatoms. The molecule has 4 N–H and O–H groups in total. The van der Waals surface area contributed by atoms with E-state index in [4.69, 9.17) is 23.5 Å². The van der Waals surface area contributed by atoms with Gasteiger partial charge in [0, 0.05) is 48.5 Å². The first kappa shape index (κ1) is 55.9. The van der Waals surface area contributed by atoms with Gasteiger partial charge < -0.3 is 59.3 Å². The number of rotatable bonds is 25. The van der Waals surface area contributed by atoms with Gasteiger partial charge in [-0.2, -0.15) is 0 Å². The van der Waals surface area contributed by atoms with Crippen molar-refractivity contribution in [2.75, 3.05) is 97.5 Å². The van der Waals surface area contributed by atoms with Crippen molar-refractivity contribution in [3.05, 3.63) is 116 Å². The normalized spacial score (nSPS) is 19.6. The largest absolute Gasteiger partial charge is 0.634 e. The minimum atomic E-state index is -0.976. The van der Waals surface area contributed by atoms with Gasteiger partial charge in [0.2, 0.25) is 17.7 Å². The number of quaternary nitrogens is 1. The molecule has 4 heterocycles. The van der Waals surface area contributed by atoms with Crippen LogP contribution in [-0.2, 0) is 33.3 Å². The summed E-state index contributed by atoms with van der Waals surface area (Å²) in [6, 6.07) is 13.4. The maximum atomic E-state index is 14.0. The standard InChI is InChI=1S/C54H72N8O11S/c1-35-47(37(3)73-58-35)41-17-18-44-43(29-41)48(39-11-9-8-10-12-39)61(53(67)59(44)7)20-19-60(68)21-22-69-23-24-70-25-26-71-27-28-72-33-46(64)57-50(54(4,5)6)52(66)62-32-42(63)30-45(62)51(65)55-31-38-13-15-40(16-14-38)49-36(2)56-34-74-49/h8-15,17-18,29,34,40,42,45,48,50,60,63H,16,19-28,30-33H2,1-7H3,(H,55,65)(H,57,64)/t40?,42-,45+,48?,50?/m1/s1. The van der Waals surface area contributed by atoms with E-state index < -0.39 is 41.5 Å². The van der Waals surface area contributed by atoms with Gasteiger partial charge in [0.1, 0.15) is 31.0 Å². The summed E-state index contributed by atoms with van der Waals surface area (Å²) < 4.78 is 27.9. The number of benzene rings is 2. The summed E-state index contributed by atoms with van der Waals surface area (Å²) in [5, 5.41) is 33.5. The molecule has 4 aromatic rings. The Morgan fingerprint density at radius 2 is 1.66 bits per heavy atom. The van der Waals surface area contributed by atoms with Gasteiger partial charge in [-0.3, -0.25) is 19.3 Å². The number of hydroxylamine groups is 2. The second-order valence-electron chi connectivity index (χ2n) is 20.0. The highest BCUT2D eigenvalue weighted by Gasteiger charge is 2.45. The third-order valence-corrected chi connectivity index (χ3v) is 14.6. The number of aliphatic hydroxyl groups excluding tert-OH is 1. The number of nitrogens with zero attached hydrogens (tertiary/aromatic N) is 5. The molecular formula is C54H72N8O11S. The zero-order chi connectivity index (χ0) is 52.9. The van der Waals surface area contributed by atoms with Crippen LogP contribution in [0.3, 0.4) is 0 Å². The van der Waals surface area contributed by atoms with Gasteiger partial charge in [-0.25, -0.2) is 9.78 Å². The molecule has 19 nitrogen and oxygen atoms in total. The van der Waals surface area contributed by atoms with E-state index in [0.29, 0.717) is 25.5 Å². The van der Waals surface area contributed by atoms with Gasteiger partial charge in [-0.05, 0) is 61.4 Å². The average Bonchev–Trinajstić information content (AvgIpc) is 4.10. The van der Waals surface area contributed by atoms with E-state index in [1.54, 1.807) is 28.2 Å². The Labute approximate surface area is 437 Å². The van der Waals surface area contributed by atoms with E-state index in [1.807, 2.05) is 95.6 Å². The Balaban J connectivity index is 0.751. The molecule has 0 bridgehead atoms. The summed E-state index contributed by atoms with van der Waals surface area (Å²) in [7, 11) is 1.75. The molecule has 1 saturated heterocycles. The molecule has 6 atom stereocenters. The number of carbonyl (C=O) groups excluding carboxylic acids is 4. The van der Waals surface area contributed by atoms with Crippen molar-refractivity contribution in [1.29, 1.82) is 0 Å². The van der Waals surface area contributed by atoms with Gasteiger partial charge in [-0.15, -0.1) is 11.3 Å². The second kappa shape index (κ2) is 26.1. The molecule has 1 fully saturated rings. The Morgan fingerprint density at radius 1 is 0.959 bits per heavy atom. The van der Waals surface area contributed by atoms with Crippen LogP contribution in [0.4, 0.5) is 10.5 Å². The minimum Gasteiger partial charge on any atom is -0.634 e. The Hall–Kier alpha value is -5.84. The zero-order valence-corrected chi connectivity index (χ0v) is 44.4. The number of nitrogens with one attached hydrogen (secondary N) is 3. The fourth-order valence-electron chi connectivity index (χ4n) is 9.59. The maximum absolute atomic E-state index is 14.0. The lowest BCUT2D eigenvalue weighted by Crippen LogP contribution is -3.08. The molecule has 2 aromatic heterocycles. The van der Waals surface area contributed by atoms with Gasteiger partial charge in [-0.1, -0.05) is 80.6 Å². The van der Waals surface area contributed by atoms with Crippen molar-refractivity contribution in [2.24, 2.45) is 5.41 Å². The van der Waals surface area contributed by atoms with Crippen LogP contribution < -0.4 is 20.6 Å². The highest BCUT2D eigenvalue weighted by Crippen LogP contribution is 2.42. The SMILES string of the molecule is Cc1ncsc1C1C=CC(CNC(=O)[C@@H]2C[C@@H](O)CN2C(=O)C(NC(=O)COCCOCCOCCOCC[NH+]([O-])CCN2C(=O)N(C)c3ccc(-c4c(C)noc4C)cc3C2c2ccccc2)C(C)(C)C)=CC1. The molecule has 5 amide bonds. The number of carbonyl (C=O) groups is 4. The number of likely N-dealkylation sites (tertiary alicyclic amines) is 1. The molecule has 400 valence electrons. The number of β-amino-alcohol motifs (C(OH)–C–C–N with tert-alkyl or cyclic N) is 1. The monoisotopic (exact) mass is 1040 g/mol. The van der Waals surface area contributed by atoms with Crippen molar-refractivity contribution in [1.82, 2.24) is 30.6 Å². The number of thiazole rings is 1. The number of fused-ring (bicyclic) bond motifs is 1. The minimum absolute atomic E-state index is 0.0182. The number of hydrogen-bond acceptors (Lipinski definition) is 14. The number of ether oxygens (including phenoxy) is 4. The first-order chi connectivity index (χ1) is 35.5.